The standard InChI is InChI=1S/C29H27F3N2O3S/c1-17-21(13-22-23(30)9-5-10-24(22)31)29-34(18(16-38-29)14-33(2)15-19-7-6-12-37-19)28(35)26(17)20-8-4-11-25(36-3)27(20)32/h4-12,18H,13-16H2,1-3H3. The maximum absolute atomic E-state index is 15.5. The van der Waals surface area contributed by atoms with E-state index in [0.29, 0.717) is 35.0 Å². The molecule has 0 bridgehead atoms. The second kappa shape index (κ2) is 10.7. The zero-order valence-electron chi connectivity index (χ0n) is 21.3. The van der Waals surface area contributed by atoms with Crippen molar-refractivity contribution in [3.63, 3.8) is 0 Å². The van der Waals surface area contributed by atoms with Crippen LogP contribution in [-0.2, 0) is 13.0 Å². The van der Waals surface area contributed by atoms with Gasteiger partial charge in [-0.05, 0) is 55.4 Å². The second-order valence-corrected chi connectivity index (χ2v) is 10.4. The topological polar surface area (TPSA) is 47.6 Å². The highest BCUT2D eigenvalue weighted by atomic mass is 32.2. The van der Waals surface area contributed by atoms with Gasteiger partial charge < -0.3 is 9.15 Å². The van der Waals surface area contributed by atoms with Crippen molar-refractivity contribution in [2.45, 2.75) is 31.0 Å². The Bertz CT molecular complexity index is 1520. The molecule has 9 heteroatoms. The van der Waals surface area contributed by atoms with Crippen molar-refractivity contribution in [3.8, 4) is 16.9 Å². The van der Waals surface area contributed by atoms with Gasteiger partial charge in [-0.25, -0.2) is 13.2 Å². The molecule has 2 aromatic heterocycles. The molecule has 0 aliphatic carbocycles. The van der Waals surface area contributed by atoms with Crippen molar-refractivity contribution in [2.24, 2.45) is 0 Å². The third-order valence-corrected chi connectivity index (χ3v) is 8.18. The molecule has 38 heavy (non-hydrogen) atoms. The van der Waals surface area contributed by atoms with Crippen LogP contribution in [0.15, 0.2) is 69.0 Å². The highest BCUT2D eigenvalue weighted by molar-refractivity contribution is 7.99. The Morgan fingerprint density at radius 1 is 1.08 bits per heavy atom. The zero-order valence-corrected chi connectivity index (χ0v) is 22.1. The van der Waals surface area contributed by atoms with Crippen LogP contribution in [0, 0.1) is 24.4 Å². The van der Waals surface area contributed by atoms with E-state index in [1.54, 1.807) is 23.8 Å². The number of likely N-dealkylation sites (N-methyl/N-ethyl adjacent to an activating group) is 1. The summed E-state index contributed by atoms with van der Waals surface area (Å²) < 4.78 is 57.2. The summed E-state index contributed by atoms with van der Waals surface area (Å²) in [4.78, 5) is 16.1. The lowest BCUT2D eigenvalue weighted by Crippen LogP contribution is -2.34. The molecule has 1 aliphatic heterocycles. The van der Waals surface area contributed by atoms with Crippen LogP contribution in [0.4, 0.5) is 13.2 Å². The Morgan fingerprint density at radius 3 is 2.50 bits per heavy atom. The van der Waals surface area contributed by atoms with Gasteiger partial charge in [0.15, 0.2) is 11.6 Å². The number of hydrogen-bond acceptors (Lipinski definition) is 5. The predicted molar refractivity (Wildman–Crippen MR) is 141 cm³/mol. The van der Waals surface area contributed by atoms with E-state index in [9.17, 15) is 13.6 Å². The summed E-state index contributed by atoms with van der Waals surface area (Å²) in [5, 5.41) is 0.651. The summed E-state index contributed by atoms with van der Waals surface area (Å²) in [6.07, 6.45) is 1.54. The summed E-state index contributed by atoms with van der Waals surface area (Å²) >= 11 is 1.48. The summed E-state index contributed by atoms with van der Waals surface area (Å²) in [5.74, 6) is -0.589. The number of methoxy groups -OCH3 is 1. The molecule has 5 rings (SSSR count). The quantitative estimate of drug-likeness (QED) is 0.266. The smallest absolute Gasteiger partial charge is 0.260 e. The van der Waals surface area contributed by atoms with Gasteiger partial charge in [-0.2, -0.15) is 0 Å². The van der Waals surface area contributed by atoms with Gasteiger partial charge in [0.05, 0.1) is 36.5 Å². The maximum atomic E-state index is 15.5. The van der Waals surface area contributed by atoms with Gasteiger partial charge in [-0.15, -0.1) is 11.8 Å². The van der Waals surface area contributed by atoms with Crippen LogP contribution in [0.2, 0.25) is 0 Å². The number of ether oxygens (including phenoxy) is 1. The number of halogens is 3. The Labute approximate surface area is 222 Å². The molecule has 0 spiro atoms. The third kappa shape index (κ3) is 4.76. The fourth-order valence-corrected chi connectivity index (χ4v) is 6.44. The van der Waals surface area contributed by atoms with Crippen LogP contribution >= 0.6 is 11.8 Å². The number of aromatic nitrogens is 1. The number of fused-ring (bicyclic) bond motifs is 1. The molecule has 1 aliphatic rings. The Kier molecular flexibility index (Phi) is 7.40. The molecule has 0 N–H and O–H groups in total. The summed E-state index contributed by atoms with van der Waals surface area (Å²) in [7, 11) is 3.29. The van der Waals surface area contributed by atoms with E-state index >= 15 is 4.39 Å². The van der Waals surface area contributed by atoms with Crippen LogP contribution < -0.4 is 10.3 Å². The number of rotatable bonds is 8. The third-order valence-electron chi connectivity index (χ3n) is 6.91. The summed E-state index contributed by atoms with van der Waals surface area (Å²) in [6.45, 7) is 2.79. The predicted octanol–water partition coefficient (Wildman–Crippen LogP) is 6.21. The minimum Gasteiger partial charge on any atom is -0.494 e. The largest absolute Gasteiger partial charge is 0.494 e. The molecule has 4 aromatic rings. The van der Waals surface area contributed by atoms with Crippen LogP contribution in [0.5, 0.6) is 5.75 Å². The fraction of sp³-hybridized carbons (Fsp3) is 0.276. The summed E-state index contributed by atoms with van der Waals surface area (Å²) in [5.41, 5.74) is 0.923. The minimum absolute atomic E-state index is 0.0117. The highest BCUT2D eigenvalue weighted by Crippen LogP contribution is 2.41. The normalized spacial score (nSPS) is 14.8. The lowest BCUT2D eigenvalue weighted by molar-refractivity contribution is 0.256. The van der Waals surface area contributed by atoms with Gasteiger partial charge in [0, 0.05) is 29.8 Å². The fourth-order valence-electron chi connectivity index (χ4n) is 5.06. The van der Waals surface area contributed by atoms with E-state index in [4.69, 9.17) is 9.15 Å². The van der Waals surface area contributed by atoms with Crippen LogP contribution in [0.1, 0.15) is 28.5 Å². The van der Waals surface area contributed by atoms with Gasteiger partial charge in [0.1, 0.15) is 17.4 Å². The monoisotopic (exact) mass is 540 g/mol. The van der Waals surface area contributed by atoms with Crippen LogP contribution in [0.3, 0.4) is 0 Å². The van der Waals surface area contributed by atoms with E-state index in [1.165, 1.54) is 49.2 Å². The van der Waals surface area contributed by atoms with Gasteiger partial charge in [0.25, 0.3) is 5.56 Å². The SMILES string of the molecule is COc1cccc(-c2c(C)c(Cc3c(F)cccc3F)c3n(c2=O)C(CN(C)Cc2ccco2)CS3)c1F. The van der Waals surface area contributed by atoms with Crippen LogP contribution in [-0.4, -0.2) is 35.9 Å². The van der Waals surface area contributed by atoms with Crippen LogP contribution in [0.25, 0.3) is 11.1 Å². The minimum atomic E-state index is -0.666. The Morgan fingerprint density at radius 2 is 1.82 bits per heavy atom. The van der Waals surface area contributed by atoms with Crippen molar-refractivity contribution in [1.82, 2.24) is 9.47 Å². The molecule has 0 radical (unpaired) electrons. The number of pyridine rings is 1. The lowest BCUT2D eigenvalue weighted by atomic mass is 9.94. The van der Waals surface area contributed by atoms with Crippen molar-refractivity contribution >= 4 is 11.8 Å². The van der Waals surface area contributed by atoms with E-state index in [2.05, 4.69) is 0 Å². The summed E-state index contributed by atoms with van der Waals surface area (Å²) in [6, 6.07) is 11.8. The maximum Gasteiger partial charge on any atom is 0.260 e. The average Bonchev–Trinajstić information content (AvgIpc) is 3.54. The van der Waals surface area contributed by atoms with Crippen molar-refractivity contribution in [3.05, 3.63) is 105 Å². The Hall–Kier alpha value is -3.43. The molecule has 0 amide bonds. The molecule has 0 fully saturated rings. The lowest BCUT2D eigenvalue weighted by Gasteiger charge is -2.24. The molecule has 2 aromatic carbocycles. The van der Waals surface area contributed by atoms with E-state index in [0.717, 1.165) is 5.76 Å². The number of nitrogens with zero attached hydrogens (tertiary/aromatic N) is 2. The number of benzene rings is 2. The van der Waals surface area contributed by atoms with Gasteiger partial charge in [0.2, 0.25) is 0 Å². The molecular formula is C29H27F3N2O3S. The average molecular weight is 541 g/mol. The first-order chi connectivity index (χ1) is 18.3. The highest BCUT2D eigenvalue weighted by Gasteiger charge is 2.32. The molecule has 3 heterocycles. The molecule has 198 valence electrons. The van der Waals surface area contributed by atoms with Crippen molar-refractivity contribution in [2.75, 3.05) is 26.5 Å². The first-order valence-corrected chi connectivity index (χ1v) is 13.2. The van der Waals surface area contributed by atoms with Gasteiger partial charge in [-0.1, -0.05) is 18.2 Å². The van der Waals surface area contributed by atoms with E-state index in [-0.39, 0.29) is 40.5 Å². The molecular weight excluding hydrogens is 513 g/mol. The second-order valence-electron chi connectivity index (χ2n) is 9.40. The first kappa shape index (κ1) is 26.2. The number of furan rings is 1. The molecule has 5 nitrogen and oxygen atoms in total. The van der Waals surface area contributed by atoms with Crippen molar-refractivity contribution < 1.29 is 22.3 Å². The van der Waals surface area contributed by atoms with Gasteiger partial charge >= 0.3 is 0 Å². The number of thioether (sulfide) groups is 1. The first-order valence-electron chi connectivity index (χ1n) is 12.2. The molecule has 0 saturated heterocycles. The van der Waals surface area contributed by atoms with E-state index < -0.39 is 17.5 Å². The van der Waals surface area contributed by atoms with E-state index in [1.807, 2.05) is 24.1 Å². The molecule has 0 saturated carbocycles. The Balaban J connectivity index is 1.66. The van der Waals surface area contributed by atoms with Crippen molar-refractivity contribution in [1.29, 1.82) is 0 Å². The number of hydrogen-bond donors (Lipinski definition) is 0. The molecule has 1 atom stereocenters. The zero-order chi connectivity index (χ0) is 27.0. The van der Waals surface area contributed by atoms with Gasteiger partial charge in [-0.3, -0.25) is 14.3 Å². The molecule has 1 unspecified atom stereocenters.